The molecule has 0 bridgehead atoms. The molecule has 0 N–H and O–H groups in total. The minimum Gasteiger partial charge on any atom is -0.460 e. The van der Waals surface area contributed by atoms with Gasteiger partial charge in [-0.1, -0.05) is 0 Å². The molecule has 0 aromatic heterocycles. The summed E-state index contributed by atoms with van der Waals surface area (Å²) in [6.45, 7) is 5.72. The quantitative estimate of drug-likeness (QED) is 0.477. The van der Waals surface area contributed by atoms with Gasteiger partial charge in [-0.2, -0.15) is 0 Å². The number of esters is 1. The zero-order valence-electron chi connectivity index (χ0n) is 9.08. The van der Waals surface area contributed by atoms with Gasteiger partial charge in [-0.05, 0) is 40.0 Å². The molecule has 80 valence electrons. The highest BCUT2D eigenvalue weighted by Gasteiger charge is 2.46. The molecule has 1 aliphatic carbocycles. The number of hydrogen-bond donors (Lipinski definition) is 0. The van der Waals surface area contributed by atoms with Crippen LogP contribution in [0.5, 0.6) is 0 Å². The maximum Gasteiger partial charge on any atom is 0.309 e. The SMILES string of the molecule is CC(C)(C)OC(=O)C1CCC2OC2C1. The second-order valence-electron chi connectivity index (χ2n) is 5.26. The van der Waals surface area contributed by atoms with E-state index in [9.17, 15) is 4.79 Å². The molecule has 3 unspecified atom stereocenters. The highest BCUT2D eigenvalue weighted by molar-refractivity contribution is 5.73. The van der Waals surface area contributed by atoms with Gasteiger partial charge in [-0.3, -0.25) is 4.79 Å². The molecule has 0 amide bonds. The molecule has 3 heteroatoms. The van der Waals surface area contributed by atoms with Crippen molar-refractivity contribution < 1.29 is 14.3 Å². The fourth-order valence-corrected chi connectivity index (χ4v) is 2.00. The van der Waals surface area contributed by atoms with Crippen molar-refractivity contribution in [2.24, 2.45) is 5.92 Å². The first-order valence-corrected chi connectivity index (χ1v) is 5.34. The standard InChI is InChI=1S/C11H18O3/c1-11(2,3)14-10(12)7-4-5-8-9(6-7)13-8/h7-9H,4-6H2,1-3H3. The smallest absolute Gasteiger partial charge is 0.309 e. The summed E-state index contributed by atoms with van der Waals surface area (Å²) >= 11 is 0. The fourth-order valence-electron chi connectivity index (χ4n) is 2.00. The van der Waals surface area contributed by atoms with E-state index in [1.54, 1.807) is 0 Å². The van der Waals surface area contributed by atoms with Gasteiger partial charge in [0.2, 0.25) is 0 Å². The Kier molecular flexibility index (Phi) is 2.30. The van der Waals surface area contributed by atoms with Crippen LogP contribution in [0.25, 0.3) is 0 Å². The van der Waals surface area contributed by atoms with Crippen LogP contribution in [0.3, 0.4) is 0 Å². The lowest BCUT2D eigenvalue weighted by molar-refractivity contribution is -0.160. The fraction of sp³-hybridized carbons (Fsp3) is 0.909. The first-order valence-electron chi connectivity index (χ1n) is 5.34. The molecule has 0 radical (unpaired) electrons. The largest absolute Gasteiger partial charge is 0.460 e. The Morgan fingerprint density at radius 2 is 2.00 bits per heavy atom. The first-order chi connectivity index (χ1) is 6.46. The second kappa shape index (κ2) is 3.23. The molecule has 1 saturated heterocycles. The molecule has 14 heavy (non-hydrogen) atoms. The number of carbonyl (C=O) groups is 1. The third-order valence-electron chi connectivity index (χ3n) is 2.74. The van der Waals surface area contributed by atoms with Gasteiger partial charge in [0, 0.05) is 0 Å². The summed E-state index contributed by atoms with van der Waals surface area (Å²) in [4.78, 5) is 11.7. The van der Waals surface area contributed by atoms with Gasteiger partial charge in [0.25, 0.3) is 0 Å². The summed E-state index contributed by atoms with van der Waals surface area (Å²) in [5.41, 5.74) is -0.363. The van der Waals surface area contributed by atoms with Crippen LogP contribution in [-0.2, 0) is 14.3 Å². The first kappa shape index (κ1) is 9.97. The van der Waals surface area contributed by atoms with E-state index >= 15 is 0 Å². The van der Waals surface area contributed by atoms with Crippen molar-refractivity contribution in [3.05, 3.63) is 0 Å². The van der Waals surface area contributed by atoms with Gasteiger partial charge in [-0.25, -0.2) is 0 Å². The Labute approximate surface area is 84.8 Å². The molecule has 2 rings (SSSR count). The molecule has 3 atom stereocenters. The maximum absolute atomic E-state index is 11.7. The van der Waals surface area contributed by atoms with E-state index in [-0.39, 0.29) is 17.5 Å². The minimum atomic E-state index is -0.363. The predicted molar refractivity (Wildman–Crippen MR) is 51.8 cm³/mol. The molecule has 1 saturated carbocycles. The number of rotatable bonds is 1. The third-order valence-corrected chi connectivity index (χ3v) is 2.74. The third kappa shape index (κ3) is 2.27. The normalized spacial score (nSPS) is 36.1. The van der Waals surface area contributed by atoms with E-state index < -0.39 is 0 Å². The van der Waals surface area contributed by atoms with E-state index in [0.717, 1.165) is 19.3 Å². The molecule has 0 aromatic carbocycles. The number of hydrogen-bond acceptors (Lipinski definition) is 3. The van der Waals surface area contributed by atoms with E-state index in [4.69, 9.17) is 9.47 Å². The Bertz CT molecular complexity index is 241. The predicted octanol–water partition coefficient (Wildman–Crippen LogP) is 1.90. The number of fused-ring (bicyclic) bond motifs is 1. The van der Waals surface area contributed by atoms with E-state index in [1.165, 1.54) is 0 Å². The van der Waals surface area contributed by atoms with Crippen LogP contribution in [0.4, 0.5) is 0 Å². The number of ether oxygens (including phenoxy) is 2. The lowest BCUT2D eigenvalue weighted by atomic mass is 9.89. The van der Waals surface area contributed by atoms with Crippen LogP contribution in [0.1, 0.15) is 40.0 Å². The van der Waals surface area contributed by atoms with Crippen molar-refractivity contribution in [1.29, 1.82) is 0 Å². The van der Waals surface area contributed by atoms with Crippen molar-refractivity contribution in [3.63, 3.8) is 0 Å². The lowest BCUT2D eigenvalue weighted by Crippen LogP contribution is -2.31. The van der Waals surface area contributed by atoms with Gasteiger partial charge in [-0.15, -0.1) is 0 Å². The molecule has 0 aromatic rings. The van der Waals surface area contributed by atoms with Crippen LogP contribution >= 0.6 is 0 Å². The number of epoxide rings is 1. The Balaban J connectivity index is 1.85. The highest BCUT2D eigenvalue weighted by atomic mass is 16.6. The number of carbonyl (C=O) groups excluding carboxylic acids is 1. The monoisotopic (exact) mass is 198 g/mol. The molecule has 0 spiro atoms. The van der Waals surface area contributed by atoms with Crippen molar-refractivity contribution in [1.82, 2.24) is 0 Å². The van der Waals surface area contributed by atoms with Crippen molar-refractivity contribution >= 4 is 5.97 Å². The van der Waals surface area contributed by atoms with Gasteiger partial charge in [0.15, 0.2) is 0 Å². The second-order valence-corrected chi connectivity index (χ2v) is 5.26. The molecule has 1 aliphatic heterocycles. The van der Waals surface area contributed by atoms with Crippen LogP contribution in [0.15, 0.2) is 0 Å². The molecule has 1 heterocycles. The van der Waals surface area contributed by atoms with Crippen molar-refractivity contribution in [2.75, 3.05) is 0 Å². The van der Waals surface area contributed by atoms with Gasteiger partial charge in [0.05, 0.1) is 18.1 Å². The van der Waals surface area contributed by atoms with E-state index in [0.29, 0.717) is 12.2 Å². The Morgan fingerprint density at radius 3 is 2.57 bits per heavy atom. The lowest BCUT2D eigenvalue weighted by Gasteiger charge is -2.24. The average molecular weight is 198 g/mol. The molecule has 3 nitrogen and oxygen atoms in total. The van der Waals surface area contributed by atoms with Crippen molar-refractivity contribution in [2.45, 2.75) is 57.8 Å². The summed E-state index contributed by atoms with van der Waals surface area (Å²) in [7, 11) is 0. The Hall–Kier alpha value is -0.570. The molecule has 2 aliphatic rings. The van der Waals surface area contributed by atoms with E-state index in [1.807, 2.05) is 20.8 Å². The summed E-state index contributed by atoms with van der Waals surface area (Å²) in [5.74, 6) is 0.0180. The van der Waals surface area contributed by atoms with E-state index in [2.05, 4.69) is 0 Å². The summed E-state index contributed by atoms with van der Waals surface area (Å²) in [5, 5.41) is 0. The average Bonchev–Trinajstić information content (AvgIpc) is 2.77. The zero-order valence-corrected chi connectivity index (χ0v) is 9.08. The van der Waals surface area contributed by atoms with Crippen LogP contribution in [0, 0.1) is 5.92 Å². The van der Waals surface area contributed by atoms with Gasteiger partial charge in [0.1, 0.15) is 5.60 Å². The van der Waals surface area contributed by atoms with Crippen LogP contribution < -0.4 is 0 Å². The molecule has 2 fully saturated rings. The zero-order chi connectivity index (χ0) is 10.3. The summed E-state index contributed by atoms with van der Waals surface area (Å²) < 4.78 is 10.7. The van der Waals surface area contributed by atoms with Crippen LogP contribution in [-0.4, -0.2) is 23.8 Å². The van der Waals surface area contributed by atoms with Gasteiger partial charge < -0.3 is 9.47 Å². The van der Waals surface area contributed by atoms with Crippen LogP contribution in [0.2, 0.25) is 0 Å². The summed E-state index contributed by atoms with van der Waals surface area (Å²) in [6.07, 6.45) is 3.61. The Morgan fingerprint density at radius 1 is 1.29 bits per heavy atom. The minimum absolute atomic E-state index is 0.0496. The topological polar surface area (TPSA) is 38.8 Å². The summed E-state index contributed by atoms with van der Waals surface area (Å²) in [6, 6.07) is 0. The van der Waals surface area contributed by atoms with Gasteiger partial charge >= 0.3 is 5.97 Å². The maximum atomic E-state index is 11.7. The molecular weight excluding hydrogens is 180 g/mol. The molecular formula is C11H18O3. The van der Waals surface area contributed by atoms with Crippen molar-refractivity contribution in [3.8, 4) is 0 Å². The highest BCUT2D eigenvalue weighted by Crippen LogP contribution is 2.40.